The number of imidazole rings is 1. The SMILES string of the molecule is CN=C(NCCCn1c(C)nc2ccccc21)NCc1ccc(N2CCOCC2)cc1.I. The van der Waals surface area contributed by atoms with Crippen LogP contribution in [0.4, 0.5) is 5.69 Å². The largest absolute Gasteiger partial charge is 0.378 e. The Bertz CT molecular complexity index is 1010. The van der Waals surface area contributed by atoms with Gasteiger partial charge in [-0.05, 0) is 43.2 Å². The lowest BCUT2D eigenvalue weighted by atomic mass is 10.2. The molecule has 1 aliphatic heterocycles. The quantitative estimate of drug-likeness (QED) is 0.205. The van der Waals surface area contributed by atoms with E-state index < -0.39 is 0 Å². The summed E-state index contributed by atoms with van der Waals surface area (Å²) in [6, 6.07) is 17.0. The first-order chi connectivity index (χ1) is 15.2. The van der Waals surface area contributed by atoms with Gasteiger partial charge >= 0.3 is 0 Å². The summed E-state index contributed by atoms with van der Waals surface area (Å²) in [5.41, 5.74) is 4.76. The number of aliphatic imine (C=N–C) groups is 1. The zero-order valence-corrected chi connectivity index (χ0v) is 21.2. The molecule has 0 amide bonds. The Labute approximate surface area is 207 Å². The topological polar surface area (TPSA) is 66.7 Å². The smallest absolute Gasteiger partial charge is 0.191 e. The number of para-hydroxylation sites is 2. The van der Waals surface area contributed by atoms with Crippen LogP contribution in [0.5, 0.6) is 0 Å². The van der Waals surface area contributed by atoms with Gasteiger partial charge in [0.25, 0.3) is 0 Å². The van der Waals surface area contributed by atoms with E-state index in [0.29, 0.717) is 0 Å². The van der Waals surface area contributed by atoms with Gasteiger partial charge in [-0.25, -0.2) is 4.98 Å². The van der Waals surface area contributed by atoms with Gasteiger partial charge < -0.3 is 24.8 Å². The number of nitrogens with one attached hydrogen (secondary N) is 2. The number of aromatic nitrogens is 2. The van der Waals surface area contributed by atoms with Crippen LogP contribution in [0.15, 0.2) is 53.5 Å². The predicted octanol–water partition coefficient (Wildman–Crippen LogP) is 3.55. The molecule has 7 nitrogen and oxygen atoms in total. The van der Waals surface area contributed by atoms with Crippen molar-refractivity contribution in [2.45, 2.75) is 26.4 Å². The van der Waals surface area contributed by atoms with Crippen LogP contribution in [-0.2, 0) is 17.8 Å². The van der Waals surface area contributed by atoms with Crippen LogP contribution in [-0.4, -0.2) is 55.4 Å². The van der Waals surface area contributed by atoms with Crippen molar-refractivity contribution in [3.63, 3.8) is 0 Å². The number of guanidine groups is 1. The van der Waals surface area contributed by atoms with Crippen molar-refractivity contribution < 1.29 is 4.74 Å². The summed E-state index contributed by atoms with van der Waals surface area (Å²) < 4.78 is 7.71. The molecule has 0 unspecified atom stereocenters. The molecule has 0 saturated carbocycles. The monoisotopic (exact) mass is 548 g/mol. The number of aryl methyl sites for hydroxylation is 2. The lowest BCUT2D eigenvalue weighted by molar-refractivity contribution is 0.122. The van der Waals surface area contributed by atoms with Crippen LogP contribution >= 0.6 is 24.0 Å². The number of fused-ring (bicyclic) bond motifs is 1. The molecule has 3 aromatic rings. The standard InChI is InChI=1S/C24H32N6O.HI/c1-19-28-22-6-3-4-7-23(22)30(19)13-5-12-26-24(25-2)27-18-20-8-10-21(11-9-20)29-14-16-31-17-15-29;/h3-4,6-11H,5,12-18H2,1-2H3,(H2,25,26,27);1H. The van der Waals surface area contributed by atoms with E-state index in [0.717, 1.165) is 69.7 Å². The van der Waals surface area contributed by atoms with E-state index in [1.807, 2.05) is 13.1 Å². The molecule has 172 valence electrons. The number of halogens is 1. The van der Waals surface area contributed by atoms with Crippen molar-refractivity contribution in [2.24, 2.45) is 4.99 Å². The van der Waals surface area contributed by atoms with Gasteiger partial charge in [0.05, 0.1) is 24.2 Å². The highest BCUT2D eigenvalue weighted by molar-refractivity contribution is 14.0. The number of morpholine rings is 1. The number of hydrogen-bond acceptors (Lipinski definition) is 4. The minimum atomic E-state index is 0. The van der Waals surface area contributed by atoms with Gasteiger partial charge in [0.2, 0.25) is 0 Å². The number of hydrogen-bond donors (Lipinski definition) is 2. The molecule has 1 saturated heterocycles. The van der Waals surface area contributed by atoms with E-state index in [-0.39, 0.29) is 24.0 Å². The lowest BCUT2D eigenvalue weighted by Gasteiger charge is -2.28. The summed E-state index contributed by atoms with van der Waals surface area (Å²) in [6.45, 7) is 8.13. The third kappa shape index (κ3) is 6.13. The first-order valence-electron chi connectivity index (χ1n) is 11.0. The molecule has 1 fully saturated rings. The van der Waals surface area contributed by atoms with Crippen molar-refractivity contribution in [3.05, 3.63) is 59.9 Å². The fraction of sp³-hybridized carbons (Fsp3) is 0.417. The fourth-order valence-corrected chi connectivity index (χ4v) is 3.97. The third-order valence-corrected chi connectivity index (χ3v) is 5.69. The molecular weight excluding hydrogens is 515 g/mol. The molecule has 2 N–H and O–H groups in total. The molecule has 8 heteroatoms. The zero-order valence-electron chi connectivity index (χ0n) is 18.9. The second-order valence-electron chi connectivity index (χ2n) is 7.77. The minimum absolute atomic E-state index is 0. The van der Waals surface area contributed by atoms with Crippen LogP contribution in [0, 0.1) is 6.92 Å². The molecule has 32 heavy (non-hydrogen) atoms. The molecule has 0 bridgehead atoms. The van der Waals surface area contributed by atoms with Gasteiger partial charge in [-0.15, -0.1) is 24.0 Å². The molecule has 2 aromatic carbocycles. The van der Waals surface area contributed by atoms with Gasteiger partial charge in [-0.2, -0.15) is 0 Å². The summed E-state index contributed by atoms with van der Waals surface area (Å²) in [6.07, 6.45) is 0.996. The Balaban J connectivity index is 0.00000289. The third-order valence-electron chi connectivity index (χ3n) is 5.69. The molecule has 1 aliphatic rings. The summed E-state index contributed by atoms with van der Waals surface area (Å²) in [5.74, 6) is 1.88. The van der Waals surface area contributed by atoms with Crippen LogP contribution in [0.25, 0.3) is 11.0 Å². The Morgan fingerprint density at radius 1 is 1.06 bits per heavy atom. The second kappa shape index (κ2) is 12.1. The van der Waals surface area contributed by atoms with E-state index >= 15 is 0 Å². The van der Waals surface area contributed by atoms with Crippen molar-refractivity contribution >= 4 is 46.7 Å². The van der Waals surface area contributed by atoms with Crippen molar-refractivity contribution in [1.29, 1.82) is 0 Å². The summed E-state index contributed by atoms with van der Waals surface area (Å²) in [4.78, 5) is 11.4. The molecule has 4 rings (SSSR count). The maximum Gasteiger partial charge on any atom is 0.191 e. The lowest BCUT2D eigenvalue weighted by Crippen LogP contribution is -2.37. The molecule has 0 aliphatic carbocycles. The number of rotatable bonds is 7. The summed E-state index contributed by atoms with van der Waals surface area (Å²) in [7, 11) is 1.81. The van der Waals surface area contributed by atoms with Crippen LogP contribution in [0.3, 0.4) is 0 Å². The highest BCUT2D eigenvalue weighted by Gasteiger charge is 2.11. The average molecular weight is 548 g/mol. The maximum absolute atomic E-state index is 5.43. The molecule has 0 atom stereocenters. The van der Waals surface area contributed by atoms with E-state index in [9.17, 15) is 0 Å². The van der Waals surface area contributed by atoms with Gasteiger partial charge in [-0.1, -0.05) is 24.3 Å². The van der Waals surface area contributed by atoms with Crippen LogP contribution < -0.4 is 15.5 Å². The Morgan fingerprint density at radius 3 is 2.56 bits per heavy atom. The van der Waals surface area contributed by atoms with Gasteiger partial charge in [0, 0.05) is 45.5 Å². The highest BCUT2D eigenvalue weighted by atomic mass is 127. The van der Waals surface area contributed by atoms with Crippen molar-refractivity contribution in [3.8, 4) is 0 Å². The number of anilines is 1. The van der Waals surface area contributed by atoms with Crippen molar-refractivity contribution in [2.75, 3.05) is 44.8 Å². The van der Waals surface area contributed by atoms with E-state index in [1.165, 1.54) is 16.8 Å². The number of nitrogens with zero attached hydrogens (tertiary/aromatic N) is 4. The normalized spacial score (nSPS) is 14.3. The number of benzene rings is 2. The number of ether oxygens (including phenoxy) is 1. The Morgan fingerprint density at radius 2 is 1.81 bits per heavy atom. The Hall–Kier alpha value is -2.33. The molecule has 0 spiro atoms. The highest BCUT2D eigenvalue weighted by Crippen LogP contribution is 2.17. The van der Waals surface area contributed by atoms with Crippen LogP contribution in [0.2, 0.25) is 0 Å². The molecule has 2 heterocycles. The summed E-state index contributed by atoms with van der Waals surface area (Å²) >= 11 is 0. The van der Waals surface area contributed by atoms with E-state index in [4.69, 9.17) is 4.74 Å². The predicted molar refractivity (Wildman–Crippen MR) is 142 cm³/mol. The van der Waals surface area contributed by atoms with Gasteiger partial charge in [-0.3, -0.25) is 4.99 Å². The van der Waals surface area contributed by atoms with Gasteiger partial charge in [0.1, 0.15) is 5.82 Å². The molecule has 1 aromatic heterocycles. The van der Waals surface area contributed by atoms with E-state index in [1.54, 1.807) is 0 Å². The second-order valence-corrected chi connectivity index (χ2v) is 7.77. The first-order valence-corrected chi connectivity index (χ1v) is 11.0. The zero-order chi connectivity index (χ0) is 21.5. The van der Waals surface area contributed by atoms with Gasteiger partial charge in [0.15, 0.2) is 5.96 Å². The average Bonchev–Trinajstić information content (AvgIpc) is 3.14. The molecular formula is C24H33IN6O. The maximum atomic E-state index is 5.43. The Kier molecular flexibility index (Phi) is 9.16. The van der Waals surface area contributed by atoms with Crippen LogP contribution in [0.1, 0.15) is 17.8 Å². The molecule has 0 radical (unpaired) electrons. The summed E-state index contributed by atoms with van der Waals surface area (Å²) in [5, 5.41) is 6.82. The first kappa shape index (κ1) is 24.3. The van der Waals surface area contributed by atoms with E-state index in [2.05, 4.69) is 79.5 Å². The van der Waals surface area contributed by atoms with Crippen molar-refractivity contribution in [1.82, 2.24) is 20.2 Å². The fourth-order valence-electron chi connectivity index (χ4n) is 3.97. The minimum Gasteiger partial charge on any atom is -0.378 e.